The van der Waals surface area contributed by atoms with Crippen LogP contribution >= 0.6 is 0 Å². The van der Waals surface area contributed by atoms with Gasteiger partial charge in [-0.3, -0.25) is 4.79 Å². The molecule has 0 aromatic carbocycles. The first kappa shape index (κ1) is 19.7. The highest BCUT2D eigenvalue weighted by molar-refractivity contribution is 5.66. The minimum Gasteiger partial charge on any atom is -0.481 e. The monoisotopic (exact) mass is 320 g/mol. The normalized spacial score (nSPS) is 24.2. The lowest BCUT2D eigenvalue weighted by molar-refractivity contribution is -0.137. The summed E-state index contributed by atoms with van der Waals surface area (Å²) in [5, 5.41) is 18.7. The number of carbonyl (C=O) groups is 1. The molecule has 0 heterocycles. The molecule has 1 aliphatic carbocycles. The average Bonchev–Trinajstić information content (AvgIpc) is 2.86. The second-order valence-corrected chi connectivity index (χ2v) is 6.40. The minimum absolute atomic E-state index is 0.226. The van der Waals surface area contributed by atoms with Crippen LogP contribution in [-0.4, -0.2) is 22.3 Å². The molecule has 1 aliphatic rings. The molecule has 1 rings (SSSR count). The maximum atomic E-state index is 10.4. The van der Waals surface area contributed by atoms with Crippen LogP contribution in [0.25, 0.3) is 0 Å². The SMILES string of the molecule is CCCCC/C=C/C[C@H]1C=C[C@@H](O)[C@H]1C/C=C/CCCC(=O)O. The van der Waals surface area contributed by atoms with Gasteiger partial charge in [-0.05, 0) is 50.4 Å². The summed E-state index contributed by atoms with van der Waals surface area (Å²) in [5.41, 5.74) is 0. The van der Waals surface area contributed by atoms with Crippen molar-refractivity contribution in [2.45, 2.75) is 70.8 Å². The standard InChI is InChI=1S/C20H32O3/c1-2-3-4-5-6-9-12-17-15-16-19(21)18(17)13-10-7-8-11-14-20(22)23/h6-7,9-10,15-19,21H,2-5,8,11-14H2,1H3,(H,22,23)/b9-6+,10-7+/t17-,18-,19+/m0/s1. The van der Waals surface area contributed by atoms with Gasteiger partial charge in [0.05, 0.1) is 6.10 Å². The second-order valence-electron chi connectivity index (χ2n) is 6.40. The van der Waals surface area contributed by atoms with Gasteiger partial charge in [-0.1, -0.05) is 56.2 Å². The van der Waals surface area contributed by atoms with E-state index >= 15 is 0 Å². The largest absolute Gasteiger partial charge is 0.481 e. The van der Waals surface area contributed by atoms with Crippen molar-refractivity contribution < 1.29 is 15.0 Å². The Kier molecular flexibility index (Phi) is 10.4. The lowest BCUT2D eigenvalue weighted by Crippen LogP contribution is -2.19. The molecule has 0 aliphatic heterocycles. The third-order valence-corrected chi connectivity index (χ3v) is 4.43. The van der Waals surface area contributed by atoms with E-state index in [9.17, 15) is 9.90 Å². The van der Waals surface area contributed by atoms with Gasteiger partial charge in [-0.2, -0.15) is 0 Å². The molecule has 0 saturated carbocycles. The van der Waals surface area contributed by atoms with Crippen LogP contribution in [0.5, 0.6) is 0 Å². The maximum Gasteiger partial charge on any atom is 0.303 e. The zero-order valence-electron chi connectivity index (χ0n) is 14.4. The van der Waals surface area contributed by atoms with Crippen molar-refractivity contribution in [2.75, 3.05) is 0 Å². The highest BCUT2D eigenvalue weighted by Crippen LogP contribution is 2.32. The average molecular weight is 320 g/mol. The van der Waals surface area contributed by atoms with Crippen LogP contribution in [0.2, 0.25) is 0 Å². The van der Waals surface area contributed by atoms with Crippen LogP contribution in [0, 0.1) is 11.8 Å². The second kappa shape index (κ2) is 12.1. The Labute approximate surface area is 140 Å². The van der Waals surface area contributed by atoms with Crippen molar-refractivity contribution in [3.8, 4) is 0 Å². The molecular weight excluding hydrogens is 288 g/mol. The van der Waals surface area contributed by atoms with Crippen molar-refractivity contribution in [2.24, 2.45) is 11.8 Å². The number of aliphatic carboxylic acids is 1. The first-order valence-corrected chi connectivity index (χ1v) is 9.03. The molecule has 130 valence electrons. The number of carboxylic acids is 1. The highest BCUT2D eigenvalue weighted by atomic mass is 16.4. The molecule has 0 unspecified atom stereocenters. The molecule has 0 saturated heterocycles. The van der Waals surface area contributed by atoms with Gasteiger partial charge < -0.3 is 10.2 Å². The van der Waals surface area contributed by atoms with E-state index in [2.05, 4.69) is 31.2 Å². The number of allylic oxidation sites excluding steroid dienone is 5. The topological polar surface area (TPSA) is 57.5 Å². The van der Waals surface area contributed by atoms with Gasteiger partial charge in [0.15, 0.2) is 0 Å². The Bertz CT molecular complexity index is 409. The summed E-state index contributed by atoms with van der Waals surface area (Å²) in [6.07, 6.45) is 20.9. The summed E-state index contributed by atoms with van der Waals surface area (Å²) in [6.45, 7) is 2.22. The zero-order chi connectivity index (χ0) is 16.9. The fraction of sp³-hybridized carbons (Fsp3) is 0.650. The highest BCUT2D eigenvalue weighted by Gasteiger charge is 2.28. The Morgan fingerprint density at radius 2 is 1.70 bits per heavy atom. The number of hydrogen-bond acceptors (Lipinski definition) is 2. The van der Waals surface area contributed by atoms with Gasteiger partial charge in [0.1, 0.15) is 0 Å². The first-order chi connectivity index (χ1) is 11.1. The summed E-state index contributed by atoms with van der Waals surface area (Å²) in [6, 6.07) is 0. The van der Waals surface area contributed by atoms with E-state index in [-0.39, 0.29) is 18.4 Å². The van der Waals surface area contributed by atoms with Gasteiger partial charge in [-0.15, -0.1) is 0 Å². The van der Waals surface area contributed by atoms with Crippen molar-refractivity contribution in [1.82, 2.24) is 0 Å². The van der Waals surface area contributed by atoms with E-state index in [1.54, 1.807) is 0 Å². The fourth-order valence-corrected chi connectivity index (χ4v) is 2.99. The van der Waals surface area contributed by atoms with Gasteiger partial charge >= 0.3 is 5.97 Å². The Morgan fingerprint density at radius 1 is 1.00 bits per heavy atom. The third kappa shape index (κ3) is 8.75. The Balaban J connectivity index is 2.26. The minimum atomic E-state index is -0.736. The predicted octanol–water partition coefficient (Wildman–Crippen LogP) is 4.88. The van der Waals surface area contributed by atoms with Gasteiger partial charge in [-0.25, -0.2) is 0 Å². The third-order valence-electron chi connectivity index (χ3n) is 4.43. The molecule has 3 nitrogen and oxygen atoms in total. The Hall–Kier alpha value is -1.35. The summed E-state index contributed by atoms with van der Waals surface area (Å²) in [7, 11) is 0. The molecular formula is C20H32O3. The zero-order valence-corrected chi connectivity index (χ0v) is 14.4. The lowest BCUT2D eigenvalue weighted by atomic mass is 9.88. The molecule has 0 spiro atoms. The van der Waals surface area contributed by atoms with E-state index in [1.165, 1.54) is 19.3 Å². The first-order valence-electron chi connectivity index (χ1n) is 9.03. The van der Waals surface area contributed by atoms with Gasteiger partial charge in [0.2, 0.25) is 0 Å². The quantitative estimate of drug-likeness (QED) is 0.398. The molecule has 0 aromatic rings. The summed E-state index contributed by atoms with van der Waals surface area (Å²) < 4.78 is 0. The van der Waals surface area contributed by atoms with Crippen LogP contribution in [0.15, 0.2) is 36.5 Å². The Morgan fingerprint density at radius 3 is 2.39 bits per heavy atom. The smallest absolute Gasteiger partial charge is 0.303 e. The van der Waals surface area contributed by atoms with Gasteiger partial charge in [0, 0.05) is 6.42 Å². The van der Waals surface area contributed by atoms with Crippen LogP contribution < -0.4 is 0 Å². The fourth-order valence-electron chi connectivity index (χ4n) is 2.99. The number of aliphatic hydroxyl groups excluding tert-OH is 1. The molecule has 0 aromatic heterocycles. The molecule has 2 N–H and O–H groups in total. The molecule has 3 heteroatoms. The van der Waals surface area contributed by atoms with Crippen LogP contribution in [0.4, 0.5) is 0 Å². The summed E-state index contributed by atoms with van der Waals surface area (Å²) in [5.74, 6) is -0.0679. The molecule has 0 bridgehead atoms. The van der Waals surface area contributed by atoms with E-state index in [0.29, 0.717) is 12.3 Å². The van der Waals surface area contributed by atoms with Crippen LogP contribution in [0.3, 0.4) is 0 Å². The van der Waals surface area contributed by atoms with Crippen molar-refractivity contribution in [1.29, 1.82) is 0 Å². The molecule has 0 amide bonds. The lowest BCUT2D eigenvalue weighted by Gasteiger charge is -2.19. The number of aliphatic hydroxyl groups is 1. The molecule has 3 atom stereocenters. The van der Waals surface area contributed by atoms with Crippen molar-refractivity contribution >= 4 is 5.97 Å². The van der Waals surface area contributed by atoms with Gasteiger partial charge in [0.25, 0.3) is 0 Å². The number of unbranched alkanes of at least 4 members (excludes halogenated alkanes) is 4. The molecule has 0 fully saturated rings. The summed E-state index contributed by atoms with van der Waals surface area (Å²) >= 11 is 0. The van der Waals surface area contributed by atoms with Crippen molar-refractivity contribution in [3.63, 3.8) is 0 Å². The maximum absolute atomic E-state index is 10.4. The van der Waals surface area contributed by atoms with Crippen LogP contribution in [0.1, 0.15) is 64.7 Å². The van der Waals surface area contributed by atoms with E-state index in [0.717, 1.165) is 25.7 Å². The molecule has 0 radical (unpaired) electrons. The number of hydrogen-bond donors (Lipinski definition) is 2. The van der Waals surface area contributed by atoms with E-state index in [4.69, 9.17) is 5.11 Å². The predicted molar refractivity (Wildman–Crippen MR) is 95.3 cm³/mol. The number of carboxylic acid groups (broad SMARTS) is 1. The number of rotatable bonds is 12. The molecule has 23 heavy (non-hydrogen) atoms. The van der Waals surface area contributed by atoms with E-state index in [1.807, 2.05) is 12.2 Å². The van der Waals surface area contributed by atoms with Crippen molar-refractivity contribution in [3.05, 3.63) is 36.5 Å². The van der Waals surface area contributed by atoms with Crippen LogP contribution in [-0.2, 0) is 4.79 Å². The summed E-state index contributed by atoms with van der Waals surface area (Å²) in [4.78, 5) is 10.4. The van der Waals surface area contributed by atoms with E-state index < -0.39 is 5.97 Å².